The number of piperidine rings is 1. The van der Waals surface area contributed by atoms with Crippen molar-refractivity contribution in [2.45, 2.75) is 51.5 Å². The monoisotopic (exact) mass is 454 g/mol. The summed E-state index contributed by atoms with van der Waals surface area (Å²) in [6.45, 7) is 5.87. The zero-order valence-electron chi connectivity index (χ0n) is 19.2. The molecule has 1 heterocycles. The van der Waals surface area contributed by atoms with Crippen LogP contribution in [0.4, 0.5) is 9.59 Å². The van der Waals surface area contributed by atoms with Crippen LogP contribution >= 0.6 is 0 Å². The predicted molar refractivity (Wildman–Crippen MR) is 122 cm³/mol. The number of rotatable bonds is 5. The molecule has 0 bridgehead atoms. The SMILES string of the molecule is CC(C)(C)OC(=O)N[C@H]1CN(C(=O)OCc2ccccc2)CC[C@H]1OC(=O)c1ccccc1. The highest BCUT2D eigenvalue weighted by Crippen LogP contribution is 2.19. The van der Waals surface area contributed by atoms with Crippen LogP contribution in [0.25, 0.3) is 0 Å². The summed E-state index contributed by atoms with van der Waals surface area (Å²) < 4.78 is 16.5. The van der Waals surface area contributed by atoms with Crippen LogP contribution in [0.3, 0.4) is 0 Å². The maximum Gasteiger partial charge on any atom is 0.410 e. The van der Waals surface area contributed by atoms with Gasteiger partial charge in [-0.2, -0.15) is 0 Å². The molecule has 2 atom stereocenters. The van der Waals surface area contributed by atoms with E-state index in [1.54, 1.807) is 45.0 Å². The number of esters is 1. The molecule has 1 fully saturated rings. The topological polar surface area (TPSA) is 94.2 Å². The first-order valence-electron chi connectivity index (χ1n) is 10.9. The molecule has 8 heteroatoms. The fourth-order valence-corrected chi connectivity index (χ4v) is 3.43. The van der Waals surface area contributed by atoms with E-state index in [1.807, 2.05) is 36.4 Å². The van der Waals surface area contributed by atoms with Crippen molar-refractivity contribution in [2.24, 2.45) is 0 Å². The van der Waals surface area contributed by atoms with E-state index < -0.39 is 35.9 Å². The summed E-state index contributed by atoms with van der Waals surface area (Å²) in [5, 5.41) is 2.75. The van der Waals surface area contributed by atoms with E-state index >= 15 is 0 Å². The first-order chi connectivity index (χ1) is 15.7. The summed E-state index contributed by atoms with van der Waals surface area (Å²) in [6.07, 6.45) is -1.42. The number of carbonyl (C=O) groups is 3. The number of nitrogens with zero attached hydrogens (tertiary/aromatic N) is 1. The lowest BCUT2D eigenvalue weighted by Gasteiger charge is -2.38. The van der Waals surface area contributed by atoms with E-state index in [2.05, 4.69) is 5.32 Å². The average Bonchev–Trinajstić information content (AvgIpc) is 2.78. The van der Waals surface area contributed by atoms with Crippen molar-refractivity contribution in [3.05, 3.63) is 71.8 Å². The zero-order valence-corrected chi connectivity index (χ0v) is 19.2. The molecule has 2 amide bonds. The van der Waals surface area contributed by atoms with E-state index in [0.29, 0.717) is 18.5 Å². The lowest BCUT2D eigenvalue weighted by Crippen LogP contribution is -2.58. The fraction of sp³-hybridized carbons (Fsp3) is 0.400. The fourth-order valence-electron chi connectivity index (χ4n) is 3.43. The second kappa shape index (κ2) is 10.8. The minimum absolute atomic E-state index is 0.125. The van der Waals surface area contributed by atoms with Crippen molar-refractivity contribution in [3.8, 4) is 0 Å². The highest BCUT2D eigenvalue weighted by Gasteiger charge is 2.36. The molecule has 0 aliphatic carbocycles. The van der Waals surface area contributed by atoms with Crippen LogP contribution in [0.15, 0.2) is 60.7 Å². The molecule has 1 aliphatic rings. The Bertz CT molecular complexity index is 942. The summed E-state index contributed by atoms with van der Waals surface area (Å²) in [5.41, 5.74) is 0.600. The van der Waals surface area contributed by atoms with E-state index in [9.17, 15) is 14.4 Å². The van der Waals surface area contributed by atoms with Gasteiger partial charge in [-0.3, -0.25) is 0 Å². The second-order valence-electron chi connectivity index (χ2n) is 8.84. The van der Waals surface area contributed by atoms with Gasteiger partial charge in [0.15, 0.2) is 0 Å². The maximum atomic E-state index is 12.6. The molecule has 1 N–H and O–H groups in total. The Morgan fingerprint density at radius 1 is 1.00 bits per heavy atom. The number of benzene rings is 2. The molecule has 0 aromatic heterocycles. The van der Waals surface area contributed by atoms with E-state index in [0.717, 1.165) is 5.56 Å². The van der Waals surface area contributed by atoms with Crippen LogP contribution in [-0.2, 0) is 20.8 Å². The Morgan fingerprint density at radius 2 is 1.64 bits per heavy atom. The Labute approximate surface area is 193 Å². The number of amides is 2. The van der Waals surface area contributed by atoms with Crippen molar-refractivity contribution in [2.75, 3.05) is 13.1 Å². The molecular weight excluding hydrogens is 424 g/mol. The van der Waals surface area contributed by atoms with Crippen LogP contribution in [0.5, 0.6) is 0 Å². The Balaban J connectivity index is 1.65. The third-order valence-electron chi connectivity index (χ3n) is 4.98. The molecule has 0 spiro atoms. The molecular formula is C25H30N2O6. The minimum atomic E-state index is -0.691. The number of ether oxygens (including phenoxy) is 3. The number of hydrogen-bond donors (Lipinski definition) is 1. The summed E-state index contributed by atoms with van der Waals surface area (Å²) in [6, 6.07) is 17.4. The smallest absolute Gasteiger partial charge is 0.410 e. The molecule has 3 rings (SSSR count). The van der Waals surface area contributed by atoms with E-state index in [4.69, 9.17) is 14.2 Å². The molecule has 2 aromatic carbocycles. The van der Waals surface area contributed by atoms with E-state index in [1.165, 1.54) is 4.90 Å². The molecule has 0 radical (unpaired) electrons. The van der Waals surface area contributed by atoms with Crippen LogP contribution in [0.1, 0.15) is 43.1 Å². The molecule has 2 aromatic rings. The third-order valence-corrected chi connectivity index (χ3v) is 4.98. The summed E-state index contributed by atoms with van der Waals surface area (Å²) >= 11 is 0. The molecule has 8 nitrogen and oxygen atoms in total. The predicted octanol–water partition coefficient (Wildman–Crippen LogP) is 4.15. The number of carbonyl (C=O) groups excluding carboxylic acids is 3. The van der Waals surface area contributed by atoms with Gasteiger partial charge in [-0.15, -0.1) is 0 Å². The van der Waals surface area contributed by atoms with Gasteiger partial charge in [0.2, 0.25) is 0 Å². The standard InChI is InChI=1S/C25H30N2O6/c1-25(2,3)33-23(29)26-20-16-27(24(30)31-17-18-10-6-4-7-11-18)15-14-21(20)32-22(28)19-12-8-5-9-13-19/h4-13,20-21H,14-17H2,1-3H3,(H,26,29)/t20-,21+/m0/s1. The van der Waals surface area contributed by atoms with Crippen molar-refractivity contribution < 1.29 is 28.6 Å². The van der Waals surface area contributed by atoms with Crippen molar-refractivity contribution >= 4 is 18.2 Å². The van der Waals surface area contributed by atoms with Gasteiger partial charge in [0, 0.05) is 19.5 Å². The first kappa shape index (κ1) is 24.1. The Kier molecular flexibility index (Phi) is 7.92. The molecule has 0 unspecified atom stereocenters. The van der Waals surface area contributed by atoms with Crippen LogP contribution in [0, 0.1) is 0 Å². The highest BCUT2D eigenvalue weighted by atomic mass is 16.6. The number of nitrogens with one attached hydrogen (secondary N) is 1. The number of hydrogen-bond acceptors (Lipinski definition) is 6. The van der Waals surface area contributed by atoms with Crippen molar-refractivity contribution in [1.29, 1.82) is 0 Å². The van der Waals surface area contributed by atoms with Crippen LogP contribution in [0.2, 0.25) is 0 Å². The molecule has 176 valence electrons. The Morgan fingerprint density at radius 3 is 2.27 bits per heavy atom. The maximum absolute atomic E-state index is 12.6. The molecule has 1 aliphatic heterocycles. The quantitative estimate of drug-likeness (QED) is 0.539. The summed E-state index contributed by atoms with van der Waals surface area (Å²) in [4.78, 5) is 39.1. The molecule has 0 saturated carbocycles. The lowest BCUT2D eigenvalue weighted by atomic mass is 10.0. The Hall–Kier alpha value is -3.55. The zero-order chi connectivity index (χ0) is 23.8. The van der Waals surface area contributed by atoms with Crippen LogP contribution in [-0.4, -0.2) is 53.9 Å². The number of likely N-dealkylation sites (tertiary alicyclic amines) is 1. The van der Waals surface area contributed by atoms with Gasteiger partial charge in [-0.1, -0.05) is 48.5 Å². The molecule has 1 saturated heterocycles. The van der Waals surface area contributed by atoms with Gasteiger partial charge in [-0.05, 0) is 38.5 Å². The van der Waals surface area contributed by atoms with Gasteiger partial charge in [-0.25, -0.2) is 14.4 Å². The van der Waals surface area contributed by atoms with Crippen molar-refractivity contribution in [3.63, 3.8) is 0 Å². The highest BCUT2D eigenvalue weighted by molar-refractivity contribution is 5.89. The van der Waals surface area contributed by atoms with Crippen molar-refractivity contribution in [1.82, 2.24) is 10.2 Å². The average molecular weight is 455 g/mol. The van der Waals surface area contributed by atoms with Gasteiger partial charge in [0.25, 0.3) is 0 Å². The van der Waals surface area contributed by atoms with Gasteiger partial charge in [0.1, 0.15) is 18.3 Å². The minimum Gasteiger partial charge on any atom is -0.456 e. The summed E-state index contributed by atoms with van der Waals surface area (Å²) in [5.74, 6) is -0.489. The first-order valence-corrected chi connectivity index (χ1v) is 10.9. The number of alkyl carbamates (subject to hydrolysis) is 1. The van der Waals surface area contributed by atoms with Gasteiger partial charge in [0.05, 0.1) is 11.6 Å². The third kappa shape index (κ3) is 7.52. The summed E-state index contributed by atoms with van der Waals surface area (Å²) in [7, 11) is 0. The van der Waals surface area contributed by atoms with Crippen LogP contribution < -0.4 is 5.32 Å². The normalized spacial score (nSPS) is 18.2. The lowest BCUT2D eigenvalue weighted by molar-refractivity contribution is -0.00910. The second-order valence-corrected chi connectivity index (χ2v) is 8.84. The van der Waals surface area contributed by atoms with Gasteiger partial charge < -0.3 is 24.4 Å². The van der Waals surface area contributed by atoms with E-state index in [-0.39, 0.29) is 13.2 Å². The molecule has 33 heavy (non-hydrogen) atoms. The largest absolute Gasteiger partial charge is 0.456 e. The van der Waals surface area contributed by atoms with Gasteiger partial charge >= 0.3 is 18.2 Å².